The molecule has 2 atom stereocenters. The molecule has 2 saturated heterocycles. The number of hydrogen-bond donors (Lipinski definition) is 2. The lowest BCUT2D eigenvalue weighted by Gasteiger charge is -2.38. The van der Waals surface area contributed by atoms with E-state index in [9.17, 15) is 4.79 Å². The first kappa shape index (κ1) is 15.5. The predicted molar refractivity (Wildman–Crippen MR) is 86.8 cm³/mol. The van der Waals surface area contributed by atoms with Crippen LogP contribution in [0.1, 0.15) is 57.8 Å². The smallest absolute Gasteiger partial charge is 0.315 e. The molecule has 2 aliphatic heterocycles. The Balaban J connectivity index is 1.45. The van der Waals surface area contributed by atoms with Gasteiger partial charge in [-0.05, 0) is 37.9 Å². The van der Waals surface area contributed by atoms with Gasteiger partial charge in [-0.1, -0.05) is 25.7 Å². The van der Waals surface area contributed by atoms with E-state index in [4.69, 9.17) is 4.74 Å². The molecular formula is C16H28N2O2S. The standard InChI is InChI=1S/C16H28N2O2S/c19-15(17-13-5-3-1-2-4-6-13)18-14-7-9-20-16(11-14)8-10-21-12-16/h13-14H,1-12H2,(H2,17,18,19). The molecule has 3 rings (SSSR count). The third kappa shape index (κ3) is 4.28. The third-order valence-corrected chi connectivity index (χ3v) is 6.31. The molecule has 0 aromatic heterocycles. The monoisotopic (exact) mass is 312 g/mol. The molecule has 2 N–H and O–H groups in total. The summed E-state index contributed by atoms with van der Waals surface area (Å²) >= 11 is 1.98. The Morgan fingerprint density at radius 3 is 2.52 bits per heavy atom. The lowest BCUT2D eigenvalue weighted by molar-refractivity contribution is -0.0684. The fourth-order valence-electron chi connectivity index (χ4n) is 3.85. The van der Waals surface area contributed by atoms with Crippen LogP contribution in [0.25, 0.3) is 0 Å². The van der Waals surface area contributed by atoms with Crippen LogP contribution in [0.4, 0.5) is 4.79 Å². The molecule has 3 fully saturated rings. The number of ether oxygens (including phenoxy) is 1. The molecule has 2 unspecified atom stereocenters. The summed E-state index contributed by atoms with van der Waals surface area (Å²) in [7, 11) is 0. The fourth-order valence-corrected chi connectivity index (χ4v) is 5.23. The first-order chi connectivity index (χ1) is 10.3. The van der Waals surface area contributed by atoms with Crippen molar-refractivity contribution in [2.75, 3.05) is 18.1 Å². The maximum absolute atomic E-state index is 12.2. The molecule has 120 valence electrons. The van der Waals surface area contributed by atoms with Crippen molar-refractivity contribution in [3.63, 3.8) is 0 Å². The summed E-state index contributed by atoms with van der Waals surface area (Å²) in [4.78, 5) is 12.2. The zero-order valence-electron chi connectivity index (χ0n) is 12.9. The van der Waals surface area contributed by atoms with E-state index in [-0.39, 0.29) is 17.7 Å². The van der Waals surface area contributed by atoms with Crippen molar-refractivity contribution in [1.82, 2.24) is 10.6 Å². The second kappa shape index (κ2) is 7.23. The predicted octanol–water partition coefficient (Wildman–Crippen LogP) is 3.06. The lowest BCUT2D eigenvalue weighted by atomic mass is 9.90. The van der Waals surface area contributed by atoms with Gasteiger partial charge in [0.15, 0.2) is 0 Å². The van der Waals surface area contributed by atoms with Gasteiger partial charge in [0.2, 0.25) is 0 Å². The summed E-state index contributed by atoms with van der Waals surface area (Å²) in [6, 6.07) is 0.696. The number of rotatable bonds is 2. The molecule has 1 aliphatic carbocycles. The van der Waals surface area contributed by atoms with Gasteiger partial charge in [-0.2, -0.15) is 11.8 Å². The Hall–Kier alpha value is -0.420. The normalized spacial score (nSPS) is 34.6. The highest BCUT2D eigenvalue weighted by Crippen LogP contribution is 2.38. The Morgan fingerprint density at radius 2 is 1.81 bits per heavy atom. The van der Waals surface area contributed by atoms with Gasteiger partial charge >= 0.3 is 6.03 Å². The Morgan fingerprint density at radius 1 is 1.05 bits per heavy atom. The highest BCUT2D eigenvalue weighted by Gasteiger charge is 2.40. The number of carbonyl (C=O) groups is 1. The van der Waals surface area contributed by atoms with Gasteiger partial charge in [-0.15, -0.1) is 0 Å². The minimum Gasteiger partial charge on any atom is -0.374 e. The first-order valence-corrected chi connectivity index (χ1v) is 9.70. The summed E-state index contributed by atoms with van der Waals surface area (Å²) < 4.78 is 6.01. The molecule has 2 amide bonds. The van der Waals surface area contributed by atoms with Crippen LogP contribution in [0.2, 0.25) is 0 Å². The largest absolute Gasteiger partial charge is 0.374 e. The van der Waals surface area contributed by atoms with Crippen molar-refractivity contribution in [1.29, 1.82) is 0 Å². The molecule has 3 aliphatic rings. The van der Waals surface area contributed by atoms with E-state index in [1.807, 2.05) is 11.8 Å². The maximum atomic E-state index is 12.2. The van der Waals surface area contributed by atoms with Crippen molar-refractivity contribution in [3.8, 4) is 0 Å². The van der Waals surface area contributed by atoms with Gasteiger partial charge < -0.3 is 15.4 Å². The second-order valence-electron chi connectivity index (χ2n) is 6.83. The van der Waals surface area contributed by atoms with Crippen molar-refractivity contribution >= 4 is 17.8 Å². The summed E-state index contributed by atoms with van der Waals surface area (Å²) in [5, 5.41) is 6.39. The van der Waals surface area contributed by atoms with Crippen LogP contribution < -0.4 is 10.6 Å². The Bertz CT molecular complexity index is 350. The molecule has 1 saturated carbocycles. The summed E-state index contributed by atoms with van der Waals surface area (Å²) in [5.74, 6) is 2.29. The van der Waals surface area contributed by atoms with Gasteiger partial charge in [0.1, 0.15) is 0 Å². The minimum absolute atomic E-state index is 0.0367. The molecule has 0 aromatic carbocycles. The lowest BCUT2D eigenvalue weighted by Crippen LogP contribution is -2.52. The van der Waals surface area contributed by atoms with Gasteiger partial charge in [0.25, 0.3) is 0 Å². The highest BCUT2D eigenvalue weighted by molar-refractivity contribution is 7.99. The first-order valence-electron chi connectivity index (χ1n) is 8.55. The van der Waals surface area contributed by atoms with E-state index in [2.05, 4.69) is 10.6 Å². The molecule has 0 bridgehead atoms. The van der Waals surface area contributed by atoms with Gasteiger partial charge in [-0.3, -0.25) is 0 Å². The number of nitrogens with one attached hydrogen (secondary N) is 2. The topological polar surface area (TPSA) is 50.4 Å². The van der Waals surface area contributed by atoms with E-state index >= 15 is 0 Å². The average Bonchev–Trinajstić information content (AvgIpc) is 2.74. The summed E-state index contributed by atoms with van der Waals surface area (Å²) in [6.07, 6.45) is 10.5. The molecule has 0 aromatic rings. The zero-order chi connectivity index (χ0) is 14.5. The van der Waals surface area contributed by atoms with Gasteiger partial charge in [-0.25, -0.2) is 4.79 Å². The van der Waals surface area contributed by atoms with Crippen molar-refractivity contribution in [2.24, 2.45) is 0 Å². The van der Waals surface area contributed by atoms with Crippen LogP contribution >= 0.6 is 11.8 Å². The second-order valence-corrected chi connectivity index (χ2v) is 7.94. The summed E-state index contributed by atoms with van der Waals surface area (Å²) in [6.45, 7) is 0.787. The van der Waals surface area contributed by atoms with Crippen molar-refractivity contribution in [2.45, 2.75) is 75.5 Å². The van der Waals surface area contributed by atoms with E-state index < -0.39 is 0 Å². The molecular weight excluding hydrogens is 284 g/mol. The Labute approximate surface area is 132 Å². The number of hydrogen-bond acceptors (Lipinski definition) is 3. The number of carbonyl (C=O) groups excluding carboxylic acids is 1. The fraction of sp³-hybridized carbons (Fsp3) is 0.938. The average molecular weight is 312 g/mol. The van der Waals surface area contributed by atoms with Crippen LogP contribution in [0.5, 0.6) is 0 Å². The number of urea groups is 1. The van der Waals surface area contributed by atoms with Crippen LogP contribution in [-0.4, -0.2) is 41.8 Å². The van der Waals surface area contributed by atoms with Crippen LogP contribution in [0.15, 0.2) is 0 Å². The maximum Gasteiger partial charge on any atom is 0.315 e. The van der Waals surface area contributed by atoms with Crippen LogP contribution in [-0.2, 0) is 4.74 Å². The number of amides is 2. The van der Waals surface area contributed by atoms with Gasteiger partial charge in [0, 0.05) is 24.4 Å². The van der Waals surface area contributed by atoms with Gasteiger partial charge in [0.05, 0.1) is 5.60 Å². The summed E-state index contributed by atoms with van der Waals surface area (Å²) in [5.41, 5.74) is 0.0448. The van der Waals surface area contributed by atoms with E-state index in [0.717, 1.165) is 44.5 Å². The van der Waals surface area contributed by atoms with E-state index in [0.29, 0.717) is 6.04 Å². The molecule has 2 heterocycles. The van der Waals surface area contributed by atoms with Crippen molar-refractivity contribution < 1.29 is 9.53 Å². The SMILES string of the molecule is O=C(NC1CCCCCC1)NC1CCOC2(CCSC2)C1. The van der Waals surface area contributed by atoms with Crippen LogP contribution in [0.3, 0.4) is 0 Å². The molecule has 1 spiro atoms. The van der Waals surface area contributed by atoms with E-state index in [1.54, 1.807) is 0 Å². The third-order valence-electron chi connectivity index (χ3n) is 5.09. The minimum atomic E-state index is 0.0367. The van der Waals surface area contributed by atoms with E-state index in [1.165, 1.54) is 31.4 Å². The highest BCUT2D eigenvalue weighted by atomic mass is 32.2. The Kier molecular flexibility index (Phi) is 5.33. The van der Waals surface area contributed by atoms with Crippen LogP contribution in [0, 0.1) is 0 Å². The zero-order valence-corrected chi connectivity index (χ0v) is 13.7. The molecule has 21 heavy (non-hydrogen) atoms. The number of thioether (sulfide) groups is 1. The molecule has 5 heteroatoms. The molecule has 0 radical (unpaired) electrons. The van der Waals surface area contributed by atoms with Crippen molar-refractivity contribution in [3.05, 3.63) is 0 Å². The quantitative estimate of drug-likeness (QED) is 0.771. The molecule has 4 nitrogen and oxygen atoms in total.